The third-order valence-electron chi connectivity index (χ3n) is 4.66. The molecule has 3 rings (SSSR count). The van der Waals surface area contributed by atoms with E-state index in [4.69, 9.17) is 5.73 Å². The van der Waals surface area contributed by atoms with E-state index in [0.717, 1.165) is 12.8 Å². The van der Waals surface area contributed by atoms with E-state index < -0.39 is 11.2 Å². The molecule has 0 aliphatic heterocycles. The summed E-state index contributed by atoms with van der Waals surface area (Å²) in [6.07, 6.45) is 3.24. The molecule has 8 heteroatoms. The van der Waals surface area contributed by atoms with Crippen LogP contribution in [0.1, 0.15) is 37.0 Å². The topological polar surface area (TPSA) is 114 Å². The van der Waals surface area contributed by atoms with Crippen LogP contribution in [-0.4, -0.2) is 27.0 Å². The van der Waals surface area contributed by atoms with Crippen LogP contribution in [0.25, 0.3) is 10.9 Å². The van der Waals surface area contributed by atoms with Crippen LogP contribution in [0.5, 0.6) is 0 Å². The molecular formula is C20H23N5O3. The van der Waals surface area contributed by atoms with Gasteiger partial charge in [-0.25, -0.2) is 4.79 Å². The first-order valence-corrected chi connectivity index (χ1v) is 9.27. The molecule has 1 amide bonds. The first-order valence-electron chi connectivity index (χ1n) is 9.27. The minimum atomic E-state index is -0.677. The predicted octanol–water partition coefficient (Wildman–Crippen LogP) is 2.13. The Hall–Kier alpha value is -3.42. The van der Waals surface area contributed by atoms with Crippen LogP contribution in [0.3, 0.4) is 0 Å². The van der Waals surface area contributed by atoms with E-state index >= 15 is 0 Å². The Bertz CT molecular complexity index is 1130. The van der Waals surface area contributed by atoms with Crippen LogP contribution in [0.4, 0.5) is 11.5 Å². The lowest BCUT2D eigenvalue weighted by atomic mass is 10.1. The summed E-state index contributed by atoms with van der Waals surface area (Å²) in [6, 6.07) is 8.80. The number of pyridine rings is 1. The third kappa shape index (κ3) is 3.40. The molecule has 0 aliphatic carbocycles. The summed E-state index contributed by atoms with van der Waals surface area (Å²) < 4.78 is 1.31. The second kappa shape index (κ2) is 8.08. The number of nitrogen functional groups attached to an aromatic ring is 1. The lowest BCUT2D eigenvalue weighted by molar-refractivity contribution is 0.0989. The highest BCUT2D eigenvalue weighted by Crippen LogP contribution is 2.23. The first-order chi connectivity index (χ1) is 13.5. The number of nitrogens with one attached hydrogen (secondary N) is 1. The highest BCUT2D eigenvalue weighted by atomic mass is 16.2. The molecule has 2 aromatic heterocycles. The van der Waals surface area contributed by atoms with Gasteiger partial charge in [-0.15, -0.1) is 0 Å². The lowest BCUT2D eigenvalue weighted by Crippen LogP contribution is -2.41. The molecule has 0 radical (unpaired) electrons. The summed E-state index contributed by atoms with van der Waals surface area (Å²) in [4.78, 5) is 45.9. The van der Waals surface area contributed by atoms with E-state index in [9.17, 15) is 14.4 Å². The van der Waals surface area contributed by atoms with E-state index in [-0.39, 0.29) is 24.0 Å². The summed E-state index contributed by atoms with van der Waals surface area (Å²) in [5.41, 5.74) is 6.00. The minimum Gasteiger partial charge on any atom is -0.383 e. The quantitative estimate of drug-likeness (QED) is 0.679. The zero-order valence-corrected chi connectivity index (χ0v) is 15.9. The van der Waals surface area contributed by atoms with Gasteiger partial charge in [-0.3, -0.25) is 24.1 Å². The number of amides is 1. The van der Waals surface area contributed by atoms with Crippen molar-refractivity contribution in [3.05, 3.63) is 62.9 Å². The van der Waals surface area contributed by atoms with Gasteiger partial charge in [0.05, 0.1) is 5.52 Å². The molecule has 0 aliphatic rings. The van der Waals surface area contributed by atoms with E-state index in [1.807, 2.05) is 13.0 Å². The number of benzene rings is 1. The smallest absolute Gasteiger partial charge is 0.330 e. The molecule has 28 heavy (non-hydrogen) atoms. The van der Waals surface area contributed by atoms with Gasteiger partial charge in [0.25, 0.3) is 11.5 Å². The fourth-order valence-electron chi connectivity index (χ4n) is 3.21. The SMILES string of the molecule is CCCCn1c(N)c(N(CC)C(=O)c2cccc3ncccc23)c(=O)[nH]c1=O. The van der Waals surface area contributed by atoms with Gasteiger partial charge >= 0.3 is 5.69 Å². The summed E-state index contributed by atoms with van der Waals surface area (Å²) in [6.45, 7) is 4.33. The Balaban J connectivity index is 2.14. The molecule has 3 N–H and O–H groups in total. The standard InChI is InChI=1S/C20H23N5O3/c1-3-5-12-25-17(21)16(18(26)23-20(25)28)24(4-2)19(27)14-8-6-10-15-13(14)9-7-11-22-15/h6-11H,3-5,12,21H2,1-2H3,(H,23,26,28). The number of hydrogen-bond donors (Lipinski definition) is 2. The summed E-state index contributed by atoms with van der Waals surface area (Å²) >= 11 is 0. The summed E-state index contributed by atoms with van der Waals surface area (Å²) in [7, 11) is 0. The molecule has 0 fully saturated rings. The molecule has 2 heterocycles. The van der Waals surface area contributed by atoms with Crippen molar-refractivity contribution in [2.75, 3.05) is 17.2 Å². The van der Waals surface area contributed by atoms with Crippen molar-refractivity contribution in [1.29, 1.82) is 0 Å². The molecule has 8 nitrogen and oxygen atoms in total. The van der Waals surface area contributed by atoms with Crippen LogP contribution < -0.4 is 21.9 Å². The van der Waals surface area contributed by atoms with Crippen molar-refractivity contribution in [2.24, 2.45) is 0 Å². The summed E-state index contributed by atoms with van der Waals surface area (Å²) in [5.74, 6) is -0.380. The van der Waals surface area contributed by atoms with Crippen LogP contribution in [0.15, 0.2) is 46.1 Å². The fraction of sp³-hybridized carbons (Fsp3) is 0.300. The molecule has 0 saturated carbocycles. The molecular weight excluding hydrogens is 358 g/mol. The number of fused-ring (bicyclic) bond motifs is 1. The monoisotopic (exact) mass is 381 g/mol. The van der Waals surface area contributed by atoms with Gasteiger partial charge in [0.15, 0.2) is 5.69 Å². The third-order valence-corrected chi connectivity index (χ3v) is 4.66. The molecule has 1 aromatic carbocycles. The number of nitrogens with two attached hydrogens (primary N) is 1. The lowest BCUT2D eigenvalue weighted by Gasteiger charge is -2.23. The van der Waals surface area contributed by atoms with Gasteiger partial charge in [0.1, 0.15) is 5.82 Å². The zero-order valence-electron chi connectivity index (χ0n) is 15.9. The number of carbonyl (C=O) groups is 1. The maximum Gasteiger partial charge on any atom is 0.330 e. The molecule has 0 bridgehead atoms. The highest BCUT2D eigenvalue weighted by molar-refractivity contribution is 6.14. The number of hydrogen-bond acceptors (Lipinski definition) is 5. The van der Waals surface area contributed by atoms with Crippen molar-refractivity contribution < 1.29 is 4.79 Å². The molecule has 3 aromatic rings. The number of aromatic amines is 1. The van der Waals surface area contributed by atoms with Gasteiger partial charge in [-0.2, -0.15) is 0 Å². The van der Waals surface area contributed by atoms with E-state index in [1.165, 1.54) is 9.47 Å². The van der Waals surface area contributed by atoms with Gasteiger partial charge < -0.3 is 10.6 Å². The molecule has 146 valence electrons. The number of aromatic nitrogens is 3. The van der Waals surface area contributed by atoms with Gasteiger partial charge in [0.2, 0.25) is 0 Å². The van der Waals surface area contributed by atoms with Crippen molar-refractivity contribution >= 4 is 28.3 Å². The highest BCUT2D eigenvalue weighted by Gasteiger charge is 2.25. The number of carbonyl (C=O) groups excluding carboxylic acids is 1. The van der Waals surface area contributed by atoms with Gasteiger partial charge in [-0.1, -0.05) is 25.5 Å². The zero-order chi connectivity index (χ0) is 20.3. The maximum absolute atomic E-state index is 13.3. The number of rotatable bonds is 6. The van der Waals surface area contributed by atoms with Crippen LogP contribution in [0.2, 0.25) is 0 Å². The molecule has 0 saturated heterocycles. The van der Waals surface area contributed by atoms with Gasteiger partial charge in [0, 0.05) is 30.2 Å². The van der Waals surface area contributed by atoms with E-state index in [1.54, 1.807) is 37.4 Å². The molecule has 0 unspecified atom stereocenters. The van der Waals surface area contributed by atoms with Crippen molar-refractivity contribution in [1.82, 2.24) is 14.5 Å². The largest absolute Gasteiger partial charge is 0.383 e. The number of anilines is 2. The fourth-order valence-corrected chi connectivity index (χ4v) is 3.21. The van der Waals surface area contributed by atoms with E-state index in [2.05, 4.69) is 9.97 Å². The Labute approximate surface area is 161 Å². The second-order valence-electron chi connectivity index (χ2n) is 6.42. The van der Waals surface area contributed by atoms with Gasteiger partial charge in [-0.05, 0) is 31.5 Å². The Morgan fingerprint density at radius 1 is 1.21 bits per heavy atom. The first kappa shape index (κ1) is 19.3. The molecule has 0 spiro atoms. The Kier molecular flexibility index (Phi) is 5.58. The Morgan fingerprint density at radius 3 is 2.71 bits per heavy atom. The van der Waals surface area contributed by atoms with Crippen LogP contribution >= 0.6 is 0 Å². The van der Waals surface area contributed by atoms with Crippen molar-refractivity contribution in [3.63, 3.8) is 0 Å². The minimum absolute atomic E-state index is 0.00392. The number of nitrogens with zero attached hydrogens (tertiary/aromatic N) is 3. The number of unbranched alkanes of at least 4 members (excludes halogenated alkanes) is 1. The van der Waals surface area contributed by atoms with Crippen molar-refractivity contribution in [2.45, 2.75) is 33.2 Å². The number of H-pyrrole nitrogens is 1. The van der Waals surface area contributed by atoms with Crippen LogP contribution in [0, 0.1) is 0 Å². The average molecular weight is 381 g/mol. The summed E-state index contributed by atoms with van der Waals surface area (Å²) in [5, 5.41) is 0.683. The van der Waals surface area contributed by atoms with E-state index in [0.29, 0.717) is 23.0 Å². The van der Waals surface area contributed by atoms with Crippen LogP contribution in [-0.2, 0) is 6.54 Å². The Morgan fingerprint density at radius 2 is 2.00 bits per heavy atom. The molecule has 0 atom stereocenters. The average Bonchev–Trinajstić information content (AvgIpc) is 2.70. The maximum atomic E-state index is 13.3. The predicted molar refractivity (Wildman–Crippen MR) is 110 cm³/mol. The van der Waals surface area contributed by atoms with Crippen molar-refractivity contribution in [3.8, 4) is 0 Å². The normalized spacial score (nSPS) is 10.9. The second-order valence-corrected chi connectivity index (χ2v) is 6.42.